The van der Waals surface area contributed by atoms with E-state index in [1.165, 1.54) is 6.20 Å². The fourth-order valence-corrected chi connectivity index (χ4v) is 1.68. The summed E-state index contributed by atoms with van der Waals surface area (Å²) in [5.74, 6) is -3.15. The van der Waals surface area contributed by atoms with Crippen molar-refractivity contribution in [2.24, 2.45) is 0 Å². The summed E-state index contributed by atoms with van der Waals surface area (Å²) in [6, 6.07) is 5.38. The van der Waals surface area contributed by atoms with Crippen LogP contribution < -0.4 is 0 Å². The molecule has 0 aliphatic rings. The minimum absolute atomic E-state index is 0.364. The molecule has 6 heteroatoms. The van der Waals surface area contributed by atoms with Crippen molar-refractivity contribution in [3.8, 4) is 0 Å². The van der Waals surface area contributed by atoms with Crippen LogP contribution in [0.15, 0.2) is 42.9 Å². The number of pyridine rings is 1. The Kier molecular flexibility index (Phi) is 3.95. The third kappa shape index (κ3) is 3.32. The van der Waals surface area contributed by atoms with Crippen LogP contribution in [0.5, 0.6) is 0 Å². The number of nitrogens with one attached hydrogen (secondary N) is 1. The molecule has 0 spiro atoms. The summed E-state index contributed by atoms with van der Waals surface area (Å²) in [5, 5.41) is 18.1. The molecular formula is C14H12N2O4. The van der Waals surface area contributed by atoms with E-state index in [1.54, 1.807) is 18.5 Å². The third-order valence-electron chi connectivity index (χ3n) is 2.66. The Hall–Kier alpha value is -2.89. The Morgan fingerprint density at radius 2 is 1.95 bits per heavy atom. The number of hydrogen-bond donors (Lipinski definition) is 3. The van der Waals surface area contributed by atoms with Crippen LogP contribution in [0.25, 0.3) is 5.76 Å². The molecule has 2 rings (SSSR count). The number of carboxylic acids is 1. The van der Waals surface area contributed by atoms with E-state index in [4.69, 9.17) is 5.11 Å². The first-order valence-corrected chi connectivity index (χ1v) is 5.81. The largest absolute Gasteiger partial charge is 0.507 e. The fourth-order valence-electron chi connectivity index (χ4n) is 1.68. The number of aliphatic hydroxyl groups is 1. The van der Waals surface area contributed by atoms with Crippen LogP contribution in [-0.2, 0) is 16.0 Å². The van der Waals surface area contributed by atoms with Crippen LogP contribution >= 0.6 is 0 Å². The Balaban J connectivity index is 2.13. The fraction of sp³-hybridized carbons (Fsp3) is 0.0714. The van der Waals surface area contributed by atoms with Gasteiger partial charge in [0.2, 0.25) is 0 Å². The number of carbonyl (C=O) groups is 2. The van der Waals surface area contributed by atoms with Gasteiger partial charge in [-0.1, -0.05) is 0 Å². The van der Waals surface area contributed by atoms with Gasteiger partial charge in [0.05, 0.1) is 0 Å². The van der Waals surface area contributed by atoms with Crippen LogP contribution in [0.2, 0.25) is 0 Å². The van der Waals surface area contributed by atoms with Gasteiger partial charge in [-0.3, -0.25) is 9.78 Å². The van der Waals surface area contributed by atoms with E-state index < -0.39 is 11.8 Å². The van der Waals surface area contributed by atoms with Crippen molar-refractivity contribution in [2.45, 2.75) is 6.42 Å². The molecule has 0 aliphatic heterocycles. The van der Waals surface area contributed by atoms with Crippen LogP contribution in [0.1, 0.15) is 16.8 Å². The van der Waals surface area contributed by atoms with Crippen molar-refractivity contribution in [3.05, 3.63) is 59.7 Å². The van der Waals surface area contributed by atoms with Gasteiger partial charge in [0.25, 0.3) is 5.78 Å². The van der Waals surface area contributed by atoms with E-state index in [9.17, 15) is 14.7 Å². The topological polar surface area (TPSA) is 103 Å². The predicted molar refractivity (Wildman–Crippen MR) is 71.1 cm³/mol. The van der Waals surface area contributed by atoms with Crippen molar-refractivity contribution < 1.29 is 19.8 Å². The molecule has 0 fully saturated rings. The van der Waals surface area contributed by atoms with Gasteiger partial charge in [0.15, 0.2) is 0 Å². The molecule has 0 aliphatic carbocycles. The standard InChI is InChI=1S/C14H12N2O4/c17-12(7-13(18)14(19)20)10-6-11(16-8-10)5-9-1-3-15-4-2-9/h1-4,6-8,16-17H,5H2,(H,19,20). The summed E-state index contributed by atoms with van der Waals surface area (Å²) in [5.41, 5.74) is 2.23. The molecule has 0 bridgehead atoms. The lowest BCUT2D eigenvalue weighted by Crippen LogP contribution is -2.09. The van der Waals surface area contributed by atoms with Crippen LogP contribution in [0, 0.1) is 0 Å². The number of aliphatic carboxylic acids is 1. The summed E-state index contributed by atoms with van der Waals surface area (Å²) in [6.07, 6.45) is 6.17. The summed E-state index contributed by atoms with van der Waals surface area (Å²) in [7, 11) is 0. The third-order valence-corrected chi connectivity index (χ3v) is 2.66. The van der Waals surface area contributed by atoms with Gasteiger partial charge in [-0.2, -0.15) is 0 Å². The number of nitrogens with zero attached hydrogens (tertiary/aromatic N) is 1. The minimum Gasteiger partial charge on any atom is -0.507 e. The minimum atomic E-state index is -1.61. The van der Waals surface area contributed by atoms with Crippen LogP contribution in [0.3, 0.4) is 0 Å². The van der Waals surface area contributed by atoms with Gasteiger partial charge in [0, 0.05) is 42.3 Å². The summed E-state index contributed by atoms with van der Waals surface area (Å²) in [6.45, 7) is 0. The summed E-state index contributed by atoms with van der Waals surface area (Å²) >= 11 is 0. The van der Waals surface area contributed by atoms with E-state index in [0.29, 0.717) is 18.1 Å². The second-order valence-electron chi connectivity index (χ2n) is 4.14. The number of H-pyrrole nitrogens is 1. The highest BCUT2D eigenvalue weighted by Gasteiger charge is 2.11. The number of rotatable bonds is 5. The Morgan fingerprint density at radius 1 is 1.25 bits per heavy atom. The molecule has 6 nitrogen and oxygen atoms in total. The average molecular weight is 272 g/mol. The molecule has 102 valence electrons. The molecule has 2 aromatic rings. The lowest BCUT2D eigenvalue weighted by molar-refractivity contribution is -0.146. The van der Waals surface area contributed by atoms with E-state index >= 15 is 0 Å². The number of carboxylic acid groups (broad SMARTS) is 1. The van der Waals surface area contributed by atoms with Crippen molar-refractivity contribution in [3.63, 3.8) is 0 Å². The van der Waals surface area contributed by atoms with Gasteiger partial charge >= 0.3 is 5.97 Å². The molecule has 0 atom stereocenters. The van der Waals surface area contributed by atoms with Gasteiger partial charge in [-0.05, 0) is 23.8 Å². The Labute approximate surface area is 114 Å². The van der Waals surface area contributed by atoms with Crippen molar-refractivity contribution >= 4 is 17.5 Å². The second kappa shape index (κ2) is 5.83. The molecule has 2 aromatic heterocycles. The first-order valence-electron chi connectivity index (χ1n) is 5.81. The van der Waals surface area contributed by atoms with Gasteiger partial charge in [-0.25, -0.2) is 4.79 Å². The Morgan fingerprint density at radius 3 is 2.60 bits per heavy atom. The molecule has 0 saturated carbocycles. The Bertz CT molecular complexity index is 659. The number of hydrogen-bond acceptors (Lipinski definition) is 4. The highest BCUT2D eigenvalue weighted by molar-refractivity contribution is 6.38. The van der Waals surface area contributed by atoms with E-state index in [-0.39, 0.29) is 5.76 Å². The lowest BCUT2D eigenvalue weighted by atomic mass is 10.1. The highest BCUT2D eigenvalue weighted by Crippen LogP contribution is 2.15. The molecule has 0 saturated heterocycles. The van der Waals surface area contributed by atoms with Gasteiger partial charge in [0.1, 0.15) is 5.76 Å². The molecule has 0 aromatic carbocycles. The quantitative estimate of drug-likeness (QED) is 0.435. The molecular weight excluding hydrogens is 260 g/mol. The van der Waals surface area contributed by atoms with Gasteiger partial charge in [-0.15, -0.1) is 0 Å². The maximum absolute atomic E-state index is 11.0. The number of carbonyl (C=O) groups excluding carboxylic acids is 1. The monoisotopic (exact) mass is 272 g/mol. The van der Waals surface area contributed by atoms with E-state index in [0.717, 1.165) is 11.3 Å². The zero-order valence-electron chi connectivity index (χ0n) is 10.4. The summed E-state index contributed by atoms with van der Waals surface area (Å²) in [4.78, 5) is 28.2. The van der Waals surface area contributed by atoms with Crippen molar-refractivity contribution in [1.82, 2.24) is 9.97 Å². The zero-order valence-corrected chi connectivity index (χ0v) is 10.4. The zero-order chi connectivity index (χ0) is 14.5. The molecule has 3 N–H and O–H groups in total. The predicted octanol–water partition coefficient (Wildman–Crippen LogP) is 1.55. The highest BCUT2D eigenvalue weighted by atomic mass is 16.4. The first-order chi connectivity index (χ1) is 9.56. The molecule has 0 radical (unpaired) electrons. The van der Waals surface area contributed by atoms with Crippen LogP contribution in [-0.4, -0.2) is 31.9 Å². The second-order valence-corrected chi connectivity index (χ2v) is 4.14. The number of aromatic nitrogens is 2. The summed E-state index contributed by atoms with van der Waals surface area (Å²) < 4.78 is 0. The number of aromatic amines is 1. The molecule has 2 heterocycles. The van der Waals surface area contributed by atoms with Crippen molar-refractivity contribution in [1.29, 1.82) is 0 Å². The number of ketones is 1. The van der Waals surface area contributed by atoms with E-state index in [2.05, 4.69) is 9.97 Å². The molecule has 20 heavy (non-hydrogen) atoms. The maximum Gasteiger partial charge on any atom is 0.376 e. The number of aliphatic hydroxyl groups excluding tert-OH is 1. The normalized spacial score (nSPS) is 11.3. The maximum atomic E-state index is 11.0. The van der Waals surface area contributed by atoms with Crippen LogP contribution in [0.4, 0.5) is 0 Å². The van der Waals surface area contributed by atoms with E-state index in [1.807, 2.05) is 12.1 Å². The van der Waals surface area contributed by atoms with Gasteiger partial charge < -0.3 is 15.2 Å². The first kappa shape index (κ1) is 13.5. The lowest BCUT2D eigenvalue weighted by Gasteiger charge is -1.97. The SMILES string of the molecule is O=C(O)C(=O)C=C(O)c1c[nH]c(Cc2ccncc2)c1. The average Bonchev–Trinajstić information content (AvgIpc) is 2.88. The molecule has 0 amide bonds. The molecule has 0 unspecified atom stereocenters. The smallest absolute Gasteiger partial charge is 0.376 e. The van der Waals surface area contributed by atoms with Crippen molar-refractivity contribution in [2.75, 3.05) is 0 Å².